The number of aromatic nitrogens is 1. The van der Waals surface area contributed by atoms with Gasteiger partial charge < -0.3 is 14.0 Å². The molecular formula is C22H24N2O6S2. The van der Waals surface area contributed by atoms with Crippen molar-refractivity contribution in [3.8, 4) is 5.75 Å². The van der Waals surface area contributed by atoms with Crippen LogP contribution >= 0.6 is 11.3 Å². The van der Waals surface area contributed by atoms with E-state index < -0.39 is 21.7 Å². The van der Waals surface area contributed by atoms with Crippen LogP contribution in [-0.4, -0.2) is 44.3 Å². The number of esters is 1. The van der Waals surface area contributed by atoms with Gasteiger partial charge in [0.15, 0.2) is 14.6 Å². The molecule has 2 aromatic carbocycles. The summed E-state index contributed by atoms with van der Waals surface area (Å²) in [6.07, 6.45) is 0.00340. The molecule has 0 fully saturated rings. The van der Waals surface area contributed by atoms with Crippen LogP contribution in [0.1, 0.15) is 19.4 Å². The van der Waals surface area contributed by atoms with Crippen LogP contribution in [0.5, 0.6) is 5.75 Å². The molecule has 8 nitrogen and oxygen atoms in total. The van der Waals surface area contributed by atoms with Gasteiger partial charge in [0.1, 0.15) is 12.3 Å². The lowest BCUT2D eigenvalue weighted by Gasteiger charge is -2.06. The largest absolute Gasteiger partial charge is 0.497 e. The van der Waals surface area contributed by atoms with Crippen LogP contribution < -0.4 is 9.54 Å². The van der Waals surface area contributed by atoms with Crippen LogP contribution in [-0.2, 0) is 37.1 Å². The molecule has 0 atom stereocenters. The summed E-state index contributed by atoms with van der Waals surface area (Å²) in [7, 11) is -1.74. The Labute approximate surface area is 190 Å². The van der Waals surface area contributed by atoms with E-state index in [2.05, 4.69) is 4.99 Å². The first kappa shape index (κ1) is 23.7. The second kappa shape index (κ2) is 10.1. The van der Waals surface area contributed by atoms with E-state index in [1.54, 1.807) is 49.8 Å². The molecule has 0 aliphatic heterocycles. The highest BCUT2D eigenvalue weighted by molar-refractivity contribution is 7.91. The first-order valence-electron chi connectivity index (χ1n) is 9.99. The highest BCUT2D eigenvalue weighted by Crippen LogP contribution is 2.23. The number of benzene rings is 2. The lowest BCUT2D eigenvalue weighted by atomic mass is 10.1. The van der Waals surface area contributed by atoms with Gasteiger partial charge in [0.05, 0.1) is 41.0 Å². The Balaban J connectivity index is 1.93. The Morgan fingerprint density at radius 1 is 1.09 bits per heavy atom. The van der Waals surface area contributed by atoms with Crippen molar-refractivity contribution in [2.75, 3.05) is 19.5 Å². The maximum atomic E-state index is 12.7. The van der Waals surface area contributed by atoms with Gasteiger partial charge in [-0.25, -0.2) is 8.42 Å². The number of methoxy groups -OCH3 is 1. The molecule has 0 spiro atoms. The summed E-state index contributed by atoms with van der Waals surface area (Å²) < 4.78 is 36.7. The average molecular weight is 477 g/mol. The van der Waals surface area contributed by atoms with Crippen molar-refractivity contribution in [3.63, 3.8) is 0 Å². The zero-order valence-electron chi connectivity index (χ0n) is 18.0. The molecule has 1 heterocycles. The van der Waals surface area contributed by atoms with E-state index in [9.17, 15) is 18.0 Å². The molecule has 0 aliphatic rings. The molecule has 0 saturated heterocycles. The van der Waals surface area contributed by atoms with Crippen LogP contribution in [0.2, 0.25) is 0 Å². The number of hydrogen-bond acceptors (Lipinski definition) is 7. The average Bonchev–Trinajstić information content (AvgIpc) is 3.09. The summed E-state index contributed by atoms with van der Waals surface area (Å²) in [4.78, 5) is 29.6. The van der Waals surface area contributed by atoms with Gasteiger partial charge in [-0.15, -0.1) is 0 Å². The number of fused-ring (bicyclic) bond motifs is 1. The molecule has 1 aromatic heterocycles. The van der Waals surface area contributed by atoms with Gasteiger partial charge in [0.2, 0.25) is 0 Å². The van der Waals surface area contributed by atoms with Crippen molar-refractivity contribution >= 4 is 43.3 Å². The van der Waals surface area contributed by atoms with Crippen LogP contribution in [0, 0.1) is 0 Å². The van der Waals surface area contributed by atoms with Crippen molar-refractivity contribution in [1.82, 2.24) is 4.57 Å². The monoisotopic (exact) mass is 476 g/mol. The number of amides is 1. The van der Waals surface area contributed by atoms with E-state index >= 15 is 0 Å². The minimum absolute atomic E-state index is 0.00340. The minimum atomic E-state index is -3.30. The molecule has 0 unspecified atom stereocenters. The topological polar surface area (TPSA) is 104 Å². The second-order valence-corrected chi connectivity index (χ2v) is 10.1. The molecule has 1 amide bonds. The maximum absolute atomic E-state index is 12.7. The van der Waals surface area contributed by atoms with Crippen molar-refractivity contribution in [1.29, 1.82) is 0 Å². The number of thiazole rings is 1. The summed E-state index contributed by atoms with van der Waals surface area (Å²) in [6.45, 7) is 3.49. The number of nitrogens with zero attached hydrogens (tertiary/aromatic N) is 2. The lowest BCUT2D eigenvalue weighted by molar-refractivity contribution is -0.143. The summed E-state index contributed by atoms with van der Waals surface area (Å²) in [5.41, 5.74) is 1.39. The van der Waals surface area contributed by atoms with E-state index in [0.29, 0.717) is 16.1 Å². The molecule has 10 heteroatoms. The predicted molar refractivity (Wildman–Crippen MR) is 121 cm³/mol. The third kappa shape index (κ3) is 5.43. The fourth-order valence-corrected chi connectivity index (χ4v) is 5.02. The number of carbonyl (C=O) groups excluding carboxylic acids is 2. The normalized spacial score (nSPS) is 12.2. The van der Waals surface area contributed by atoms with Gasteiger partial charge in [0.25, 0.3) is 5.91 Å². The second-order valence-electron chi connectivity index (χ2n) is 6.84. The van der Waals surface area contributed by atoms with Crippen LogP contribution in [0.25, 0.3) is 10.2 Å². The highest BCUT2D eigenvalue weighted by atomic mass is 32.2. The Kier molecular flexibility index (Phi) is 7.47. The van der Waals surface area contributed by atoms with Gasteiger partial charge in [-0.2, -0.15) is 4.99 Å². The third-order valence-electron chi connectivity index (χ3n) is 4.72. The van der Waals surface area contributed by atoms with E-state index in [1.807, 2.05) is 6.07 Å². The Morgan fingerprint density at radius 3 is 2.44 bits per heavy atom. The molecular weight excluding hydrogens is 452 g/mol. The summed E-state index contributed by atoms with van der Waals surface area (Å²) in [5, 5.41) is 0. The molecule has 0 saturated carbocycles. The van der Waals surface area contributed by atoms with Crippen molar-refractivity contribution < 1.29 is 27.5 Å². The van der Waals surface area contributed by atoms with Crippen molar-refractivity contribution in [2.24, 2.45) is 4.99 Å². The van der Waals surface area contributed by atoms with Crippen LogP contribution in [0.4, 0.5) is 0 Å². The SMILES string of the molecule is CCOC(=O)Cn1c(=NC(=O)Cc2ccc(S(=O)(=O)CC)cc2)sc2cc(OC)ccc21. The van der Waals surface area contributed by atoms with Gasteiger partial charge in [-0.05, 0) is 42.8 Å². The number of sulfone groups is 1. The van der Waals surface area contributed by atoms with Gasteiger partial charge in [0, 0.05) is 0 Å². The highest BCUT2D eigenvalue weighted by Gasteiger charge is 2.14. The molecule has 0 bridgehead atoms. The summed E-state index contributed by atoms with van der Waals surface area (Å²) >= 11 is 1.27. The first-order chi connectivity index (χ1) is 15.3. The van der Waals surface area contributed by atoms with E-state index in [0.717, 1.165) is 10.2 Å². The molecule has 3 rings (SSSR count). The quantitative estimate of drug-likeness (QED) is 0.463. The van der Waals surface area contributed by atoms with E-state index in [1.165, 1.54) is 23.5 Å². The fourth-order valence-electron chi connectivity index (χ4n) is 3.06. The number of rotatable bonds is 8. The summed E-state index contributed by atoms with van der Waals surface area (Å²) in [5.74, 6) is -0.170. The van der Waals surface area contributed by atoms with Gasteiger partial charge >= 0.3 is 5.97 Å². The number of hydrogen-bond donors (Lipinski definition) is 0. The lowest BCUT2D eigenvalue weighted by Crippen LogP contribution is -2.23. The molecule has 0 radical (unpaired) electrons. The zero-order valence-corrected chi connectivity index (χ0v) is 19.7. The molecule has 170 valence electrons. The van der Waals surface area contributed by atoms with E-state index in [4.69, 9.17) is 9.47 Å². The van der Waals surface area contributed by atoms with Crippen molar-refractivity contribution in [2.45, 2.75) is 31.7 Å². The Morgan fingerprint density at radius 2 is 1.81 bits per heavy atom. The van der Waals surface area contributed by atoms with Crippen LogP contribution in [0.3, 0.4) is 0 Å². The summed E-state index contributed by atoms with van der Waals surface area (Å²) in [6, 6.07) is 11.6. The fraction of sp³-hybridized carbons (Fsp3) is 0.318. The smallest absolute Gasteiger partial charge is 0.326 e. The number of carbonyl (C=O) groups is 2. The number of ether oxygens (including phenoxy) is 2. The molecule has 0 aliphatic carbocycles. The third-order valence-corrected chi connectivity index (χ3v) is 7.51. The van der Waals surface area contributed by atoms with Crippen LogP contribution in [0.15, 0.2) is 52.4 Å². The predicted octanol–water partition coefficient (Wildman–Crippen LogP) is 2.74. The Hall–Kier alpha value is -2.98. The van der Waals surface area contributed by atoms with Gasteiger partial charge in [-0.1, -0.05) is 30.4 Å². The maximum Gasteiger partial charge on any atom is 0.326 e. The molecule has 0 N–H and O–H groups in total. The van der Waals surface area contributed by atoms with E-state index in [-0.39, 0.29) is 30.2 Å². The first-order valence-corrected chi connectivity index (χ1v) is 12.5. The minimum Gasteiger partial charge on any atom is -0.497 e. The van der Waals surface area contributed by atoms with Gasteiger partial charge in [-0.3, -0.25) is 9.59 Å². The zero-order chi connectivity index (χ0) is 23.3. The Bertz CT molecular complexity index is 1300. The standard InChI is InChI=1S/C22H24N2O6S2/c1-4-30-21(26)14-24-18-11-8-16(29-3)13-19(18)31-22(24)23-20(25)12-15-6-9-17(10-7-15)32(27,28)5-2/h6-11,13H,4-5,12,14H2,1-3H3. The van der Waals surface area contributed by atoms with Crippen molar-refractivity contribution in [3.05, 3.63) is 52.8 Å². The molecule has 3 aromatic rings. The molecule has 32 heavy (non-hydrogen) atoms.